The maximum Gasteiger partial charge on any atom is 0.411 e. The Balaban J connectivity index is 1.89. The van der Waals surface area contributed by atoms with E-state index in [1.807, 2.05) is 38.1 Å². The first-order valence-electron chi connectivity index (χ1n) is 9.00. The summed E-state index contributed by atoms with van der Waals surface area (Å²) in [4.78, 5) is 14.7. The van der Waals surface area contributed by atoms with Crippen LogP contribution in [0.15, 0.2) is 53.0 Å². The highest BCUT2D eigenvalue weighted by Gasteiger charge is 2.46. The molecular formula is C21H23BrFNO3. The molecule has 1 aliphatic heterocycles. The minimum atomic E-state index is -0.950. The van der Waals surface area contributed by atoms with Gasteiger partial charge >= 0.3 is 6.09 Å². The standard InChI is InChI=1S/C21H23BrFNO3/c1-14-13-21(11-12-25,17-5-9-19(23)10-6-17)27-20(26)24(14)15(2)16-3-7-18(22)8-4-16/h3-10,14-15,25H,11-13H2,1-2H3/t14-,15+,21-/m1/s1. The van der Waals surface area contributed by atoms with Gasteiger partial charge in [0, 0.05) is 30.0 Å². The van der Waals surface area contributed by atoms with E-state index in [1.165, 1.54) is 12.1 Å². The van der Waals surface area contributed by atoms with Crippen molar-refractivity contribution in [3.8, 4) is 0 Å². The maximum absolute atomic E-state index is 13.3. The highest BCUT2D eigenvalue weighted by molar-refractivity contribution is 9.10. The third-order valence-electron chi connectivity index (χ3n) is 5.25. The number of rotatable bonds is 5. The zero-order valence-corrected chi connectivity index (χ0v) is 16.9. The van der Waals surface area contributed by atoms with Gasteiger partial charge in [-0.2, -0.15) is 0 Å². The van der Waals surface area contributed by atoms with Crippen molar-refractivity contribution in [2.24, 2.45) is 0 Å². The van der Waals surface area contributed by atoms with Gasteiger partial charge in [-0.1, -0.05) is 40.2 Å². The minimum absolute atomic E-state index is 0.110. The van der Waals surface area contributed by atoms with Gasteiger partial charge in [0.2, 0.25) is 0 Å². The molecule has 27 heavy (non-hydrogen) atoms. The Morgan fingerprint density at radius 2 is 1.89 bits per heavy atom. The summed E-state index contributed by atoms with van der Waals surface area (Å²) >= 11 is 3.42. The van der Waals surface area contributed by atoms with Gasteiger partial charge in [0.15, 0.2) is 0 Å². The van der Waals surface area contributed by atoms with Gasteiger partial charge in [0.05, 0.1) is 6.04 Å². The van der Waals surface area contributed by atoms with Crippen molar-refractivity contribution in [3.05, 3.63) is 69.9 Å². The zero-order valence-electron chi connectivity index (χ0n) is 15.4. The third kappa shape index (κ3) is 4.01. The van der Waals surface area contributed by atoms with Crippen LogP contribution < -0.4 is 0 Å². The quantitative estimate of drug-likeness (QED) is 0.705. The Kier molecular flexibility index (Phi) is 5.86. The smallest absolute Gasteiger partial charge is 0.411 e. The van der Waals surface area contributed by atoms with E-state index >= 15 is 0 Å². The first kappa shape index (κ1) is 19.8. The molecule has 0 bridgehead atoms. The summed E-state index contributed by atoms with van der Waals surface area (Å²) in [6.07, 6.45) is 0.364. The van der Waals surface area contributed by atoms with Crippen molar-refractivity contribution in [3.63, 3.8) is 0 Å². The van der Waals surface area contributed by atoms with Crippen LogP contribution in [0.2, 0.25) is 0 Å². The highest BCUT2D eigenvalue weighted by Crippen LogP contribution is 2.42. The van der Waals surface area contributed by atoms with Crippen molar-refractivity contribution in [2.75, 3.05) is 6.61 Å². The van der Waals surface area contributed by atoms with Crippen molar-refractivity contribution >= 4 is 22.0 Å². The third-order valence-corrected chi connectivity index (χ3v) is 5.78. The molecule has 0 unspecified atom stereocenters. The molecule has 1 fully saturated rings. The number of hydrogen-bond acceptors (Lipinski definition) is 3. The molecule has 6 heteroatoms. The molecule has 2 aromatic carbocycles. The van der Waals surface area contributed by atoms with E-state index in [-0.39, 0.29) is 30.9 Å². The summed E-state index contributed by atoms with van der Waals surface area (Å²) in [5.41, 5.74) is 0.766. The number of nitrogens with zero attached hydrogens (tertiary/aromatic N) is 1. The topological polar surface area (TPSA) is 49.8 Å². The zero-order chi connectivity index (χ0) is 19.6. The molecule has 1 aliphatic rings. The second-order valence-corrected chi connectivity index (χ2v) is 7.95. The molecule has 0 aromatic heterocycles. The van der Waals surface area contributed by atoms with Gasteiger partial charge < -0.3 is 9.84 Å². The molecule has 3 rings (SSSR count). The van der Waals surface area contributed by atoms with Crippen molar-refractivity contribution in [1.29, 1.82) is 0 Å². The molecule has 4 nitrogen and oxygen atoms in total. The van der Waals surface area contributed by atoms with Crippen LogP contribution >= 0.6 is 15.9 Å². The van der Waals surface area contributed by atoms with Crippen LogP contribution in [0.3, 0.4) is 0 Å². The number of halogens is 2. The summed E-state index contributed by atoms with van der Waals surface area (Å²) in [5.74, 6) is -0.349. The molecule has 3 atom stereocenters. The largest absolute Gasteiger partial charge is 0.438 e. The lowest BCUT2D eigenvalue weighted by Crippen LogP contribution is -2.53. The number of carbonyl (C=O) groups excluding carboxylic acids is 1. The van der Waals surface area contributed by atoms with E-state index in [1.54, 1.807) is 17.0 Å². The van der Waals surface area contributed by atoms with Gasteiger partial charge in [0.25, 0.3) is 0 Å². The lowest BCUT2D eigenvalue weighted by molar-refractivity contribution is -0.0900. The molecule has 1 saturated heterocycles. The predicted molar refractivity (Wildman–Crippen MR) is 105 cm³/mol. The van der Waals surface area contributed by atoms with E-state index in [0.29, 0.717) is 12.0 Å². The Bertz CT molecular complexity index is 796. The Morgan fingerprint density at radius 3 is 2.44 bits per heavy atom. The molecule has 0 aliphatic carbocycles. The number of amides is 1. The van der Waals surface area contributed by atoms with E-state index < -0.39 is 11.7 Å². The van der Waals surface area contributed by atoms with Gasteiger partial charge in [-0.25, -0.2) is 9.18 Å². The average molecular weight is 436 g/mol. The summed E-state index contributed by atoms with van der Waals surface area (Å²) < 4.78 is 20.2. The second-order valence-electron chi connectivity index (χ2n) is 7.03. The molecule has 0 spiro atoms. The van der Waals surface area contributed by atoms with Gasteiger partial charge in [-0.15, -0.1) is 0 Å². The maximum atomic E-state index is 13.3. The fraction of sp³-hybridized carbons (Fsp3) is 0.381. The van der Waals surface area contributed by atoms with Crippen LogP contribution in [-0.4, -0.2) is 28.7 Å². The van der Waals surface area contributed by atoms with Crippen LogP contribution in [0.25, 0.3) is 0 Å². The van der Waals surface area contributed by atoms with Crippen LogP contribution in [0, 0.1) is 5.82 Å². The fourth-order valence-corrected chi connectivity index (χ4v) is 4.13. The molecule has 0 saturated carbocycles. The number of ether oxygens (including phenoxy) is 1. The Morgan fingerprint density at radius 1 is 1.26 bits per heavy atom. The van der Waals surface area contributed by atoms with Gasteiger partial charge in [-0.3, -0.25) is 4.90 Å². The van der Waals surface area contributed by atoms with Crippen molar-refractivity contribution < 1.29 is 19.0 Å². The average Bonchev–Trinajstić information content (AvgIpc) is 2.62. The number of aliphatic hydroxyl groups is 1. The Hall–Kier alpha value is -1.92. The molecule has 0 radical (unpaired) electrons. The van der Waals surface area contributed by atoms with E-state index in [4.69, 9.17) is 4.74 Å². The SMILES string of the molecule is C[C@@H]1C[C@](CCO)(c2ccc(F)cc2)OC(=O)N1[C@@H](C)c1ccc(Br)cc1. The number of aliphatic hydroxyl groups excluding tert-OH is 1. The lowest BCUT2D eigenvalue weighted by atomic mass is 9.82. The summed E-state index contributed by atoms with van der Waals surface area (Å²) in [5, 5.41) is 9.57. The van der Waals surface area contributed by atoms with E-state index in [0.717, 1.165) is 10.0 Å². The van der Waals surface area contributed by atoms with Crippen molar-refractivity contribution in [2.45, 2.75) is 44.4 Å². The highest BCUT2D eigenvalue weighted by atomic mass is 79.9. The molecule has 2 aromatic rings. The van der Waals surface area contributed by atoms with Crippen molar-refractivity contribution in [1.82, 2.24) is 4.90 Å². The summed E-state index contributed by atoms with van der Waals surface area (Å²) in [6.45, 7) is 3.82. The molecule has 1 N–H and O–H groups in total. The number of hydrogen-bond donors (Lipinski definition) is 1. The van der Waals surface area contributed by atoms with Crippen LogP contribution in [0.1, 0.15) is 43.9 Å². The monoisotopic (exact) mass is 435 g/mol. The second kappa shape index (κ2) is 7.98. The first-order chi connectivity index (χ1) is 12.9. The number of benzene rings is 2. The lowest BCUT2D eigenvalue weighted by Gasteiger charge is -2.47. The molecule has 144 valence electrons. The molecule has 1 heterocycles. The Labute approximate surface area is 167 Å². The summed E-state index contributed by atoms with van der Waals surface area (Å²) in [6, 6.07) is 13.5. The van der Waals surface area contributed by atoms with Gasteiger partial charge in [-0.05, 0) is 49.2 Å². The molecule has 1 amide bonds. The molecular weight excluding hydrogens is 413 g/mol. The van der Waals surface area contributed by atoms with Gasteiger partial charge in [0.1, 0.15) is 11.4 Å². The predicted octanol–water partition coefficient (Wildman–Crippen LogP) is 5.16. The summed E-state index contributed by atoms with van der Waals surface area (Å²) in [7, 11) is 0. The van der Waals surface area contributed by atoms with Crippen LogP contribution in [-0.2, 0) is 10.3 Å². The minimum Gasteiger partial charge on any atom is -0.438 e. The fourth-order valence-electron chi connectivity index (χ4n) is 3.87. The van der Waals surface area contributed by atoms with Crippen LogP contribution in [0.4, 0.5) is 9.18 Å². The number of cyclic esters (lactones) is 1. The van der Waals surface area contributed by atoms with E-state index in [9.17, 15) is 14.3 Å². The first-order valence-corrected chi connectivity index (χ1v) is 9.79. The van der Waals surface area contributed by atoms with Crippen LogP contribution in [0.5, 0.6) is 0 Å². The normalized spacial score (nSPS) is 23.8. The van der Waals surface area contributed by atoms with E-state index in [2.05, 4.69) is 15.9 Å². The number of carbonyl (C=O) groups is 1.